The minimum Gasteiger partial charge on any atom is -0.383 e. The van der Waals surface area contributed by atoms with E-state index in [1.54, 1.807) is 10.9 Å². The van der Waals surface area contributed by atoms with Crippen LogP contribution in [0.15, 0.2) is 6.20 Å². The minimum absolute atomic E-state index is 0.734. The zero-order chi connectivity index (χ0) is 11.6. The molecule has 1 aliphatic rings. The standard InChI is InChI=1S/C11H20N4O/c1-3-6-15-7-4-11(16,5-8-15)10-9-12-13-14(10)2/h9,16H,3-8H2,1-2H3. The molecular formula is C11H20N4O. The van der Waals surface area contributed by atoms with Crippen molar-refractivity contribution in [2.75, 3.05) is 19.6 Å². The van der Waals surface area contributed by atoms with E-state index in [9.17, 15) is 5.11 Å². The number of aliphatic hydroxyl groups is 1. The van der Waals surface area contributed by atoms with Gasteiger partial charge in [0, 0.05) is 20.1 Å². The first-order valence-corrected chi connectivity index (χ1v) is 5.95. The molecule has 0 atom stereocenters. The lowest BCUT2D eigenvalue weighted by molar-refractivity contribution is -0.0319. The summed E-state index contributed by atoms with van der Waals surface area (Å²) in [5.41, 5.74) is 0.103. The van der Waals surface area contributed by atoms with Gasteiger partial charge in [-0.3, -0.25) is 0 Å². The molecule has 90 valence electrons. The summed E-state index contributed by atoms with van der Waals surface area (Å²) in [7, 11) is 1.83. The Balaban J connectivity index is 2.04. The Bertz CT molecular complexity index is 342. The van der Waals surface area contributed by atoms with Gasteiger partial charge in [0.1, 0.15) is 5.60 Å². The van der Waals surface area contributed by atoms with E-state index in [4.69, 9.17) is 0 Å². The van der Waals surface area contributed by atoms with Gasteiger partial charge in [-0.05, 0) is 25.8 Å². The van der Waals surface area contributed by atoms with E-state index in [1.807, 2.05) is 7.05 Å². The van der Waals surface area contributed by atoms with E-state index in [1.165, 1.54) is 6.42 Å². The summed E-state index contributed by atoms with van der Waals surface area (Å²) in [6.45, 7) is 5.22. The molecule has 0 unspecified atom stereocenters. The summed E-state index contributed by atoms with van der Waals surface area (Å²) in [4.78, 5) is 2.40. The smallest absolute Gasteiger partial charge is 0.110 e. The van der Waals surface area contributed by atoms with Gasteiger partial charge >= 0.3 is 0 Å². The highest BCUT2D eigenvalue weighted by atomic mass is 16.3. The number of aromatic nitrogens is 3. The predicted octanol–water partition coefficient (Wildman–Crippen LogP) is 0.508. The van der Waals surface area contributed by atoms with Gasteiger partial charge in [-0.15, -0.1) is 5.10 Å². The van der Waals surface area contributed by atoms with E-state index >= 15 is 0 Å². The third-order valence-corrected chi connectivity index (χ3v) is 3.41. The second-order valence-electron chi connectivity index (χ2n) is 4.62. The summed E-state index contributed by atoms with van der Waals surface area (Å²) < 4.78 is 1.68. The van der Waals surface area contributed by atoms with Crippen LogP contribution in [0, 0.1) is 0 Å². The second kappa shape index (κ2) is 4.51. The molecule has 2 rings (SSSR count). The Morgan fingerprint density at radius 1 is 1.44 bits per heavy atom. The number of nitrogens with zero attached hydrogens (tertiary/aromatic N) is 4. The van der Waals surface area contributed by atoms with Gasteiger partial charge in [0.05, 0.1) is 11.9 Å². The third-order valence-electron chi connectivity index (χ3n) is 3.41. The molecule has 1 aromatic heterocycles. The van der Waals surface area contributed by atoms with Crippen molar-refractivity contribution in [2.45, 2.75) is 31.8 Å². The monoisotopic (exact) mass is 224 g/mol. The van der Waals surface area contributed by atoms with E-state index in [-0.39, 0.29) is 0 Å². The van der Waals surface area contributed by atoms with E-state index in [0.29, 0.717) is 0 Å². The molecule has 0 radical (unpaired) electrons. The molecule has 1 fully saturated rings. The van der Waals surface area contributed by atoms with Crippen LogP contribution in [0.2, 0.25) is 0 Å². The fourth-order valence-electron chi connectivity index (χ4n) is 2.43. The molecule has 0 saturated carbocycles. The third kappa shape index (κ3) is 2.10. The average Bonchev–Trinajstić information content (AvgIpc) is 2.69. The number of hydrogen-bond donors (Lipinski definition) is 1. The van der Waals surface area contributed by atoms with Gasteiger partial charge in [-0.25, -0.2) is 4.68 Å². The Kier molecular flexibility index (Phi) is 3.25. The van der Waals surface area contributed by atoms with Crippen LogP contribution in [0.1, 0.15) is 31.9 Å². The number of rotatable bonds is 3. The summed E-state index contributed by atoms with van der Waals surface area (Å²) >= 11 is 0. The Morgan fingerprint density at radius 2 is 2.12 bits per heavy atom. The Hall–Kier alpha value is -0.940. The molecule has 0 amide bonds. The molecule has 1 saturated heterocycles. The van der Waals surface area contributed by atoms with Crippen molar-refractivity contribution in [3.05, 3.63) is 11.9 Å². The molecule has 2 heterocycles. The lowest BCUT2D eigenvalue weighted by Crippen LogP contribution is -2.43. The molecule has 16 heavy (non-hydrogen) atoms. The molecule has 5 nitrogen and oxygen atoms in total. The zero-order valence-corrected chi connectivity index (χ0v) is 10.1. The summed E-state index contributed by atoms with van der Waals surface area (Å²) in [6, 6.07) is 0. The van der Waals surface area contributed by atoms with Crippen molar-refractivity contribution in [3.8, 4) is 0 Å². The van der Waals surface area contributed by atoms with Gasteiger partial charge < -0.3 is 10.0 Å². The van der Waals surface area contributed by atoms with E-state index < -0.39 is 5.60 Å². The number of aryl methyl sites for hydroxylation is 1. The Morgan fingerprint density at radius 3 is 2.62 bits per heavy atom. The highest BCUT2D eigenvalue weighted by molar-refractivity contribution is 5.09. The normalized spacial score (nSPS) is 21.2. The number of piperidine rings is 1. The molecule has 1 aromatic rings. The average molecular weight is 224 g/mol. The van der Waals surface area contributed by atoms with Crippen LogP contribution in [0.5, 0.6) is 0 Å². The van der Waals surface area contributed by atoms with Crippen molar-refractivity contribution in [2.24, 2.45) is 7.05 Å². The van der Waals surface area contributed by atoms with Gasteiger partial charge in [-0.1, -0.05) is 12.1 Å². The lowest BCUT2D eigenvalue weighted by atomic mass is 9.88. The van der Waals surface area contributed by atoms with Gasteiger partial charge in [0.25, 0.3) is 0 Å². The molecule has 0 aromatic carbocycles. The molecule has 1 aliphatic heterocycles. The van der Waals surface area contributed by atoms with Gasteiger partial charge in [-0.2, -0.15) is 0 Å². The van der Waals surface area contributed by atoms with Crippen LogP contribution in [-0.2, 0) is 12.6 Å². The molecule has 1 N–H and O–H groups in total. The second-order valence-corrected chi connectivity index (χ2v) is 4.62. The van der Waals surface area contributed by atoms with Crippen LogP contribution in [0.4, 0.5) is 0 Å². The molecule has 5 heteroatoms. The van der Waals surface area contributed by atoms with Crippen molar-refractivity contribution in [3.63, 3.8) is 0 Å². The lowest BCUT2D eigenvalue weighted by Gasteiger charge is -2.37. The maximum atomic E-state index is 10.6. The van der Waals surface area contributed by atoms with Crippen LogP contribution < -0.4 is 0 Å². The van der Waals surface area contributed by atoms with Crippen LogP contribution in [0.25, 0.3) is 0 Å². The largest absolute Gasteiger partial charge is 0.383 e. The fraction of sp³-hybridized carbons (Fsp3) is 0.818. The topological polar surface area (TPSA) is 54.2 Å². The van der Waals surface area contributed by atoms with Crippen molar-refractivity contribution in [1.82, 2.24) is 19.9 Å². The van der Waals surface area contributed by atoms with Gasteiger partial charge in [0.15, 0.2) is 0 Å². The highest BCUT2D eigenvalue weighted by Crippen LogP contribution is 2.31. The highest BCUT2D eigenvalue weighted by Gasteiger charge is 2.36. The quantitative estimate of drug-likeness (QED) is 0.812. The number of likely N-dealkylation sites (tertiary alicyclic amines) is 1. The van der Waals surface area contributed by atoms with Crippen LogP contribution in [0.3, 0.4) is 0 Å². The maximum absolute atomic E-state index is 10.6. The van der Waals surface area contributed by atoms with Crippen LogP contribution in [-0.4, -0.2) is 44.6 Å². The van der Waals surface area contributed by atoms with Gasteiger partial charge in [0.2, 0.25) is 0 Å². The maximum Gasteiger partial charge on any atom is 0.110 e. The molecule has 0 bridgehead atoms. The Labute approximate surface area is 96.1 Å². The molecular weight excluding hydrogens is 204 g/mol. The minimum atomic E-state index is -0.734. The molecule has 0 spiro atoms. The molecule has 0 aliphatic carbocycles. The summed E-state index contributed by atoms with van der Waals surface area (Å²) in [6.07, 6.45) is 4.39. The van der Waals surface area contributed by atoms with E-state index in [2.05, 4.69) is 22.1 Å². The van der Waals surface area contributed by atoms with Crippen molar-refractivity contribution >= 4 is 0 Å². The van der Waals surface area contributed by atoms with Crippen molar-refractivity contribution in [1.29, 1.82) is 0 Å². The first kappa shape index (κ1) is 11.5. The van der Waals surface area contributed by atoms with Crippen LogP contribution >= 0.6 is 0 Å². The zero-order valence-electron chi connectivity index (χ0n) is 10.1. The summed E-state index contributed by atoms with van der Waals surface area (Å²) in [5.74, 6) is 0. The van der Waals surface area contributed by atoms with E-state index in [0.717, 1.165) is 38.2 Å². The SMILES string of the molecule is CCCN1CCC(O)(c2cnnn2C)CC1. The predicted molar refractivity (Wildman–Crippen MR) is 60.9 cm³/mol. The first-order chi connectivity index (χ1) is 7.65. The van der Waals surface area contributed by atoms with Crippen molar-refractivity contribution < 1.29 is 5.11 Å². The fourth-order valence-corrected chi connectivity index (χ4v) is 2.43. The number of hydrogen-bond acceptors (Lipinski definition) is 4. The summed E-state index contributed by atoms with van der Waals surface area (Å²) in [5, 5.41) is 18.3. The first-order valence-electron chi connectivity index (χ1n) is 5.95.